The second-order valence-corrected chi connectivity index (χ2v) is 15.6. The maximum atomic E-state index is 5.38. The molecule has 13 rings (SSSR count). The van der Waals surface area contributed by atoms with Crippen molar-refractivity contribution in [3.8, 4) is 22.5 Å². The second kappa shape index (κ2) is 13.0. The molecular formula is C54H35N7. The lowest BCUT2D eigenvalue weighted by molar-refractivity contribution is 1.11. The van der Waals surface area contributed by atoms with Gasteiger partial charge in [0.1, 0.15) is 0 Å². The Kier molecular flexibility index (Phi) is 7.17. The first-order valence-corrected chi connectivity index (χ1v) is 20.6. The van der Waals surface area contributed by atoms with Crippen molar-refractivity contribution >= 4 is 83.5 Å². The van der Waals surface area contributed by atoms with Crippen molar-refractivity contribution in [1.82, 2.24) is 27.9 Å². The van der Waals surface area contributed by atoms with Gasteiger partial charge >= 0.3 is 0 Å². The van der Waals surface area contributed by atoms with Crippen LogP contribution < -0.4 is 4.90 Å². The number of aromatic nitrogens is 6. The van der Waals surface area contributed by atoms with Crippen LogP contribution in [0.15, 0.2) is 212 Å². The van der Waals surface area contributed by atoms with E-state index < -0.39 is 0 Å². The van der Waals surface area contributed by atoms with Gasteiger partial charge in [0.2, 0.25) is 11.6 Å². The number of para-hydroxylation sites is 6. The SMILES string of the molecule is c1ccc(N(c2ccccc2)c2ccc3c(c2)nc2n(-c4ccccc4)c4cc(-c5ccc6cc7nc8n(-c9ccccc9)c9ccccc9n8c7cc6c5)ccc4n32)cc1. The lowest BCUT2D eigenvalue weighted by Gasteiger charge is -2.25. The zero-order valence-corrected chi connectivity index (χ0v) is 32.8. The van der Waals surface area contributed by atoms with Gasteiger partial charge in [-0.1, -0.05) is 103 Å². The Balaban J connectivity index is 0.972. The van der Waals surface area contributed by atoms with E-state index in [4.69, 9.17) is 9.97 Å². The highest BCUT2D eigenvalue weighted by atomic mass is 15.2. The molecule has 0 atom stereocenters. The van der Waals surface area contributed by atoms with Crippen LogP contribution in [-0.4, -0.2) is 27.9 Å². The Bertz CT molecular complexity index is 3760. The molecule has 61 heavy (non-hydrogen) atoms. The molecule has 0 amide bonds. The molecule has 0 saturated heterocycles. The summed E-state index contributed by atoms with van der Waals surface area (Å²) in [5, 5.41) is 2.32. The molecule has 286 valence electrons. The van der Waals surface area contributed by atoms with Crippen molar-refractivity contribution in [2.24, 2.45) is 0 Å². The fraction of sp³-hybridized carbons (Fsp3) is 0. The van der Waals surface area contributed by atoms with Gasteiger partial charge in [0.15, 0.2) is 0 Å². The van der Waals surface area contributed by atoms with E-state index in [1.54, 1.807) is 0 Å². The van der Waals surface area contributed by atoms with Crippen molar-refractivity contribution in [3.05, 3.63) is 212 Å². The number of anilines is 3. The molecule has 7 nitrogen and oxygen atoms in total. The molecule has 0 N–H and O–H groups in total. The van der Waals surface area contributed by atoms with Crippen molar-refractivity contribution in [2.75, 3.05) is 4.90 Å². The van der Waals surface area contributed by atoms with Crippen LogP contribution in [0, 0.1) is 0 Å². The third-order valence-electron chi connectivity index (χ3n) is 12.1. The molecule has 13 aromatic rings. The minimum absolute atomic E-state index is 0.872. The number of hydrogen-bond acceptors (Lipinski definition) is 3. The smallest absolute Gasteiger partial charge is 0.220 e. The normalized spacial score (nSPS) is 11.9. The Hall–Kier alpha value is -8.42. The van der Waals surface area contributed by atoms with Crippen molar-refractivity contribution in [1.29, 1.82) is 0 Å². The molecule has 0 aliphatic carbocycles. The lowest BCUT2D eigenvalue weighted by atomic mass is 10.0. The highest BCUT2D eigenvalue weighted by molar-refractivity contribution is 6.02. The molecular weight excluding hydrogens is 747 g/mol. The number of rotatable bonds is 6. The average Bonchev–Trinajstić information content (AvgIpc) is 4.05. The molecule has 0 aliphatic rings. The summed E-state index contributed by atoms with van der Waals surface area (Å²) in [5.74, 6) is 1.78. The predicted molar refractivity (Wildman–Crippen MR) is 250 cm³/mol. The Labute approximate surface area is 349 Å². The van der Waals surface area contributed by atoms with Crippen LogP contribution in [0.4, 0.5) is 17.1 Å². The Morgan fingerprint density at radius 3 is 1.49 bits per heavy atom. The molecule has 7 heteroatoms. The third-order valence-corrected chi connectivity index (χ3v) is 12.1. The Morgan fingerprint density at radius 1 is 0.311 bits per heavy atom. The van der Waals surface area contributed by atoms with Gasteiger partial charge < -0.3 is 4.90 Å². The van der Waals surface area contributed by atoms with Crippen LogP contribution in [-0.2, 0) is 0 Å². The molecule has 0 saturated carbocycles. The summed E-state index contributed by atoms with van der Waals surface area (Å²) in [6, 6.07) is 75.4. The minimum atomic E-state index is 0.872. The first kappa shape index (κ1) is 33.5. The zero-order valence-electron chi connectivity index (χ0n) is 32.8. The van der Waals surface area contributed by atoms with Gasteiger partial charge in [-0.3, -0.25) is 17.9 Å². The van der Waals surface area contributed by atoms with E-state index in [0.717, 1.165) is 101 Å². The van der Waals surface area contributed by atoms with Crippen molar-refractivity contribution in [2.45, 2.75) is 0 Å². The van der Waals surface area contributed by atoms with E-state index in [1.807, 2.05) is 0 Å². The number of imidazole rings is 4. The molecule has 4 heterocycles. The van der Waals surface area contributed by atoms with E-state index in [2.05, 4.69) is 235 Å². The summed E-state index contributed by atoms with van der Waals surface area (Å²) in [7, 11) is 0. The second-order valence-electron chi connectivity index (χ2n) is 15.6. The van der Waals surface area contributed by atoms with Gasteiger partial charge in [-0.15, -0.1) is 0 Å². The molecule has 0 bridgehead atoms. The van der Waals surface area contributed by atoms with Crippen LogP contribution in [0.3, 0.4) is 0 Å². The summed E-state index contributed by atoms with van der Waals surface area (Å²) in [5.41, 5.74) is 16.2. The van der Waals surface area contributed by atoms with Crippen LogP contribution in [0.5, 0.6) is 0 Å². The van der Waals surface area contributed by atoms with Crippen LogP contribution in [0.2, 0.25) is 0 Å². The molecule has 0 fully saturated rings. The quantitative estimate of drug-likeness (QED) is 0.169. The predicted octanol–water partition coefficient (Wildman–Crippen LogP) is 13.5. The Morgan fingerprint density at radius 2 is 0.820 bits per heavy atom. The van der Waals surface area contributed by atoms with Crippen molar-refractivity contribution < 1.29 is 0 Å². The van der Waals surface area contributed by atoms with Crippen LogP contribution >= 0.6 is 0 Å². The topological polar surface area (TPSA) is 47.7 Å². The van der Waals surface area contributed by atoms with Gasteiger partial charge in [0, 0.05) is 28.4 Å². The van der Waals surface area contributed by atoms with Gasteiger partial charge in [0.25, 0.3) is 0 Å². The maximum absolute atomic E-state index is 5.38. The summed E-state index contributed by atoms with van der Waals surface area (Å²) >= 11 is 0. The molecule has 0 aliphatic heterocycles. The number of nitrogens with zero attached hydrogens (tertiary/aromatic N) is 7. The van der Waals surface area contributed by atoms with Crippen LogP contribution in [0.1, 0.15) is 0 Å². The fourth-order valence-corrected chi connectivity index (χ4v) is 9.35. The van der Waals surface area contributed by atoms with E-state index >= 15 is 0 Å². The summed E-state index contributed by atoms with van der Waals surface area (Å²) in [6.45, 7) is 0. The largest absolute Gasteiger partial charge is 0.310 e. The maximum Gasteiger partial charge on any atom is 0.220 e. The van der Waals surface area contributed by atoms with E-state index in [0.29, 0.717) is 0 Å². The minimum Gasteiger partial charge on any atom is -0.310 e. The van der Waals surface area contributed by atoms with E-state index in [-0.39, 0.29) is 0 Å². The highest BCUT2D eigenvalue weighted by Gasteiger charge is 2.21. The first-order chi connectivity index (χ1) is 30.2. The number of fused-ring (bicyclic) bond motifs is 11. The first-order valence-electron chi connectivity index (χ1n) is 20.6. The monoisotopic (exact) mass is 781 g/mol. The average molecular weight is 782 g/mol. The highest BCUT2D eigenvalue weighted by Crippen LogP contribution is 2.39. The number of benzene rings is 9. The summed E-state index contributed by atoms with van der Waals surface area (Å²) < 4.78 is 9.15. The van der Waals surface area contributed by atoms with E-state index in [9.17, 15) is 0 Å². The molecule has 0 radical (unpaired) electrons. The molecule has 4 aromatic heterocycles. The van der Waals surface area contributed by atoms with Gasteiger partial charge in [0.05, 0.1) is 44.1 Å². The van der Waals surface area contributed by atoms with Gasteiger partial charge in [-0.25, -0.2) is 9.97 Å². The third kappa shape index (κ3) is 5.11. The van der Waals surface area contributed by atoms with Crippen molar-refractivity contribution in [3.63, 3.8) is 0 Å². The standard InChI is InChI=1S/C54H35N7/c1-5-15-40(16-6-1)57(41-17-7-2-8-18-41)44-28-30-47-46(35-44)56-54-59(43-21-11-4-12-22-43)52-33-38(27-29-50(52)60(47)54)36-25-26-37-32-45-51(34-39(37)31-36)61-49-24-14-13-23-48(49)58(53(61)55-45)42-19-9-3-10-20-42/h1-35H. The molecule has 9 aromatic carbocycles. The summed E-state index contributed by atoms with van der Waals surface area (Å²) in [4.78, 5) is 12.9. The van der Waals surface area contributed by atoms with E-state index in [1.165, 1.54) is 5.39 Å². The lowest BCUT2D eigenvalue weighted by Crippen LogP contribution is -2.09. The van der Waals surface area contributed by atoms with Crippen LogP contribution in [0.25, 0.3) is 89.0 Å². The van der Waals surface area contributed by atoms with Gasteiger partial charge in [-0.05, 0) is 131 Å². The number of hydrogen-bond donors (Lipinski definition) is 0. The zero-order chi connectivity index (χ0) is 40.0. The molecule has 0 unspecified atom stereocenters. The fourth-order valence-electron chi connectivity index (χ4n) is 9.35. The van der Waals surface area contributed by atoms with Gasteiger partial charge in [-0.2, -0.15) is 0 Å². The summed E-state index contributed by atoms with van der Waals surface area (Å²) in [6.07, 6.45) is 0. The molecule has 0 spiro atoms.